The van der Waals surface area contributed by atoms with Gasteiger partial charge in [-0.2, -0.15) is 0 Å². The van der Waals surface area contributed by atoms with Gasteiger partial charge in [0.25, 0.3) is 5.56 Å². The van der Waals surface area contributed by atoms with Crippen LogP contribution in [0.2, 0.25) is 0 Å². The van der Waals surface area contributed by atoms with Gasteiger partial charge >= 0.3 is 0 Å². The lowest BCUT2D eigenvalue weighted by atomic mass is 10.1. The van der Waals surface area contributed by atoms with Gasteiger partial charge < -0.3 is 0 Å². The predicted octanol–water partition coefficient (Wildman–Crippen LogP) is 3.14. The van der Waals surface area contributed by atoms with Gasteiger partial charge in [0.2, 0.25) is 0 Å². The lowest BCUT2D eigenvalue weighted by molar-refractivity contribution is 0.849. The fourth-order valence-corrected chi connectivity index (χ4v) is 2.08. The Labute approximate surface area is 111 Å². The molecule has 0 saturated carbocycles. The van der Waals surface area contributed by atoms with Gasteiger partial charge in [0, 0.05) is 6.20 Å². The molecule has 1 aromatic heterocycles. The average molecular weight is 250 g/mol. The Hall–Kier alpha value is -2.55. The Balaban J connectivity index is 2.09. The van der Waals surface area contributed by atoms with Crippen molar-refractivity contribution in [3.63, 3.8) is 0 Å². The van der Waals surface area contributed by atoms with Crippen LogP contribution < -0.4 is 5.56 Å². The number of hydrogen-bond donors (Lipinski definition) is 1. The maximum atomic E-state index is 12.4. The first-order valence-corrected chi connectivity index (χ1v) is 6.18. The molecule has 0 unspecified atom stereocenters. The molecule has 0 aliphatic carbocycles. The van der Waals surface area contributed by atoms with Crippen LogP contribution in [0.15, 0.2) is 65.6 Å². The first kappa shape index (κ1) is 11.5. The van der Waals surface area contributed by atoms with Gasteiger partial charge in [-0.1, -0.05) is 48.0 Å². The summed E-state index contributed by atoms with van der Waals surface area (Å²) in [5, 5.41) is 3.01. The molecule has 3 nitrogen and oxygen atoms in total. The van der Waals surface area contributed by atoms with Gasteiger partial charge in [-0.05, 0) is 24.6 Å². The van der Waals surface area contributed by atoms with Crippen LogP contribution in [0.4, 0.5) is 0 Å². The number of benzene rings is 2. The summed E-state index contributed by atoms with van der Waals surface area (Å²) in [5.74, 6) is 0. The zero-order valence-electron chi connectivity index (χ0n) is 10.6. The van der Waals surface area contributed by atoms with Crippen molar-refractivity contribution < 1.29 is 0 Å². The zero-order valence-corrected chi connectivity index (χ0v) is 10.6. The summed E-state index contributed by atoms with van der Waals surface area (Å²) in [6, 6.07) is 17.5. The summed E-state index contributed by atoms with van der Waals surface area (Å²) < 4.78 is 1.56. The summed E-state index contributed by atoms with van der Waals surface area (Å²) in [6.07, 6.45) is 1.75. The van der Waals surface area contributed by atoms with Gasteiger partial charge in [-0.25, -0.2) is 4.68 Å². The molecule has 19 heavy (non-hydrogen) atoms. The van der Waals surface area contributed by atoms with E-state index in [0.29, 0.717) is 5.56 Å². The highest BCUT2D eigenvalue weighted by Crippen LogP contribution is 2.15. The highest BCUT2D eigenvalue weighted by Gasteiger charge is 2.08. The van der Waals surface area contributed by atoms with Gasteiger partial charge in [-0.15, -0.1) is 0 Å². The van der Waals surface area contributed by atoms with Crippen molar-refractivity contribution in [3.05, 3.63) is 76.7 Å². The molecule has 0 aliphatic heterocycles. The second-order valence-corrected chi connectivity index (χ2v) is 4.53. The van der Waals surface area contributed by atoms with E-state index in [2.05, 4.69) is 5.10 Å². The van der Waals surface area contributed by atoms with Crippen molar-refractivity contribution in [3.8, 4) is 16.8 Å². The molecule has 0 aliphatic rings. The molecule has 0 radical (unpaired) electrons. The van der Waals surface area contributed by atoms with Crippen molar-refractivity contribution in [2.24, 2.45) is 0 Å². The van der Waals surface area contributed by atoms with Gasteiger partial charge in [0.1, 0.15) is 0 Å². The quantitative estimate of drug-likeness (QED) is 0.745. The predicted molar refractivity (Wildman–Crippen MR) is 76.6 cm³/mol. The third kappa shape index (κ3) is 2.10. The Morgan fingerprint density at radius 3 is 2.32 bits per heavy atom. The number of rotatable bonds is 2. The summed E-state index contributed by atoms with van der Waals surface area (Å²) in [5.41, 5.74) is 3.59. The largest absolute Gasteiger partial charge is 0.298 e. The maximum absolute atomic E-state index is 12.4. The summed E-state index contributed by atoms with van der Waals surface area (Å²) in [6.45, 7) is 2.02. The van der Waals surface area contributed by atoms with Crippen LogP contribution in [0.1, 0.15) is 5.56 Å². The molecule has 0 bridgehead atoms. The molecule has 0 amide bonds. The van der Waals surface area contributed by atoms with E-state index < -0.39 is 0 Å². The number of aryl methyl sites for hydroxylation is 1. The van der Waals surface area contributed by atoms with E-state index in [9.17, 15) is 4.79 Å². The van der Waals surface area contributed by atoms with Crippen LogP contribution in [-0.2, 0) is 0 Å². The second-order valence-electron chi connectivity index (χ2n) is 4.53. The van der Waals surface area contributed by atoms with Crippen LogP contribution in [0.25, 0.3) is 16.8 Å². The van der Waals surface area contributed by atoms with E-state index in [1.54, 1.807) is 10.9 Å². The SMILES string of the molecule is Cc1ccc(-n2[nH]cc(-c3ccccc3)c2=O)cc1. The van der Waals surface area contributed by atoms with Crippen molar-refractivity contribution in [2.45, 2.75) is 6.92 Å². The Morgan fingerprint density at radius 1 is 0.947 bits per heavy atom. The smallest absolute Gasteiger partial charge is 0.279 e. The summed E-state index contributed by atoms with van der Waals surface area (Å²) in [4.78, 5) is 12.4. The molecular weight excluding hydrogens is 236 g/mol. The van der Waals surface area contributed by atoms with Gasteiger partial charge in [0.15, 0.2) is 0 Å². The monoisotopic (exact) mass is 250 g/mol. The molecular formula is C16H14N2O. The first-order valence-electron chi connectivity index (χ1n) is 6.18. The maximum Gasteiger partial charge on any atom is 0.279 e. The van der Waals surface area contributed by atoms with Crippen LogP contribution in [0, 0.1) is 6.92 Å². The molecule has 0 saturated heterocycles. The van der Waals surface area contributed by atoms with Crippen LogP contribution in [0.3, 0.4) is 0 Å². The fraction of sp³-hybridized carbons (Fsp3) is 0.0625. The van der Waals surface area contributed by atoms with E-state index in [-0.39, 0.29) is 5.56 Å². The zero-order chi connectivity index (χ0) is 13.2. The minimum Gasteiger partial charge on any atom is -0.298 e. The molecule has 0 atom stereocenters. The Bertz CT molecular complexity index is 736. The molecule has 3 aromatic rings. The highest BCUT2D eigenvalue weighted by molar-refractivity contribution is 5.61. The fourth-order valence-electron chi connectivity index (χ4n) is 2.08. The van der Waals surface area contributed by atoms with Crippen LogP contribution in [0.5, 0.6) is 0 Å². The lowest BCUT2D eigenvalue weighted by Gasteiger charge is -2.01. The average Bonchev–Trinajstić information content (AvgIpc) is 2.83. The number of hydrogen-bond acceptors (Lipinski definition) is 1. The highest BCUT2D eigenvalue weighted by atomic mass is 16.1. The third-order valence-corrected chi connectivity index (χ3v) is 3.15. The van der Waals surface area contributed by atoms with Crippen molar-refractivity contribution in [2.75, 3.05) is 0 Å². The molecule has 2 aromatic carbocycles. The summed E-state index contributed by atoms with van der Waals surface area (Å²) in [7, 11) is 0. The van der Waals surface area contributed by atoms with E-state index in [4.69, 9.17) is 0 Å². The number of aromatic amines is 1. The molecule has 0 spiro atoms. The standard InChI is InChI=1S/C16H14N2O/c1-12-7-9-14(10-8-12)18-16(19)15(11-17-18)13-5-3-2-4-6-13/h2-11,17H,1H3. The van der Waals surface area contributed by atoms with Crippen LogP contribution in [-0.4, -0.2) is 9.78 Å². The number of aromatic nitrogens is 2. The van der Waals surface area contributed by atoms with Crippen LogP contribution >= 0.6 is 0 Å². The molecule has 0 fully saturated rings. The van der Waals surface area contributed by atoms with E-state index in [1.165, 1.54) is 5.56 Å². The molecule has 94 valence electrons. The van der Waals surface area contributed by atoms with E-state index in [0.717, 1.165) is 11.3 Å². The Kier molecular flexibility index (Phi) is 2.80. The minimum absolute atomic E-state index is 0.0324. The van der Waals surface area contributed by atoms with Crippen molar-refractivity contribution in [1.82, 2.24) is 9.78 Å². The number of nitrogens with one attached hydrogen (secondary N) is 1. The molecule has 3 heteroatoms. The molecule has 1 N–H and O–H groups in total. The lowest BCUT2D eigenvalue weighted by Crippen LogP contribution is -2.15. The topological polar surface area (TPSA) is 37.8 Å². The number of nitrogens with zero attached hydrogens (tertiary/aromatic N) is 1. The van der Waals surface area contributed by atoms with E-state index >= 15 is 0 Å². The van der Waals surface area contributed by atoms with Crippen molar-refractivity contribution >= 4 is 0 Å². The second kappa shape index (κ2) is 4.61. The van der Waals surface area contributed by atoms with E-state index in [1.807, 2.05) is 61.5 Å². The third-order valence-electron chi connectivity index (χ3n) is 3.15. The Morgan fingerprint density at radius 2 is 1.63 bits per heavy atom. The molecule has 3 rings (SSSR count). The first-order chi connectivity index (χ1) is 9.25. The van der Waals surface area contributed by atoms with Crippen molar-refractivity contribution in [1.29, 1.82) is 0 Å². The summed E-state index contributed by atoms with van der Waals surface area (Å²) >= 11 is 0. The number of H-pyrrole nitrogens is 1. The normalized spacial score (nSPS) is 10.6. The van der Waals surface area contributed by atoms with Gasteiger partial charge in [-0.3, -0.25) is 9.89 Å². The minimum atomic E-state index is -0.0324. The molecule has 1 heterocycles. The van der Waals surface area contributed by atoms with Gasteiger partial charge in [0.05, 0.1) is 11.3 Å².